The number of esters is 1. The number of carbonyl (C=O) groups is 2. The minimum Gasteiger partial charge on any atom is -0.493 e. The van der Waals surface area contributed by atoms with Crippen LogP contribution >= 0.6 is 0 Å². The van der Waals surface area contributed by atoms with Crippen molar-refractivity contribution in [3.63, 3.8) is 0 Å². The van der Waals surface area contributed by atoms with Gasteiger partial charge in [0.1, 0.15) is 0 Å². The van der Waals surface area contributed by atoms with E-state index in [0.717, 1.165) is 10.9 Å². The van der Waals surface area contributed by atoms with Crippen LogP contribution in [-0.2, 0) is 4.74 Å². The Labute approximate surface area is 149 Å². The van der Waals surface area contributed by atoms with Crippen molar-refractivity contribution in [3.05, 3.63) is 53.7 Å². The first-order valence-electron chi connectivity index (χ1n) is 7.80. The van der Waals surface area contributed by atoms with E-state index in [-0.39, 0.29) is 17.2 Å². The van der Waals surface area contributed by atoms with E-state index in [1.54, 1.807) is 6.20 Å². The molecule has 2 N–H and O–H groups in total. The highest BCUT2D eigenvalue weighted by Crippen LogP contribution is 2.34. The van der Waals surface area contributed by atoms with Crippen LogP contribution in [0, 0.1) is 0 Å². The average Bonchev–Trinajstić information content (AvgIpc) is 3.11. The van der Waals surface area contributed by atoms with Crippen molar-refractivity contribution >= 4 is 28.5 Å². The van der Waals surface area contributed by atoms with Crippen LogP contribution < -0.4 is 14.8 Å². The van der Waals surface area contributed by atoms with Gasteiger partial charge in [-0.05, 0) is 6.07 Å². The van der Waals surface area contributed by atoms with Crippen LogP contribution in [0.2, 0.25) is 0 Å². The average molecular weight is 354 g/mol. The Morgan fingerprint density at radius 3 is 2.35 bits per heavy atom. The summed E-state index contributed by atoms with van der Waals surface area (Å²) in [4.78, 5) is 27.9. The van der Waals surface area contributed by atoms with Crippen molar-refractivity contribution in [1.82, 2.24) is 4.98 Å². The Kier molecular flexibility index (Phi) is 4.79. The molecule has 0 aliphatic heterocycles. The van der Waals surface area contributed by atoms with Crippen LogP contribution in [0.15, 0.2) is 42.6 Å². The highest BCUT2D eigenvalue weighted by atomic mass is 16.5. The summed E-state index contributed by atoms with van der Waals surface area (Å²) in [5.41, 5.74) is 1.74. The van der Waals surface area contributed by atoms with Gasteiger partial charge in [-0.15, -0.1) is 0 Å². The second-order valence-corrected chi connectivity index (χ2v) is 5.45. The predicted octanol–water partition coefficient (Wildman–Crippen LogP) is 3.22. The quantitative estimate of drug-likeness (QED) is 0.687. The Morgan fingerprint density at radius 1 is 0.962 bits per heavy atom. The Hall–Kier alpha value is -3.48. The molecule has 1 aromatic heterocycles. The van der Waals surface area contributed by atoms with Gasteiger partial charge in [0.05, 0.1) is 38.1 Å². The molecule has 0 spiro atoms. The predicted molar refractivity (Wildman–Crippen MR) is 97.1 cm³/mol. The van der Waals surface area contributed by atoms with Crippen LogP contribution in [0.5, 0.6) is 11.5 Å². The molecular weight excluding hydrogens is 336 g/mol. The van der Waals surface area contributed by atoms with E-state index in [4.69, 9.17) is 14.2 Å². The minimum atomic E-state index is -0.597. The lowest BCUT2D eigenvalue weighted by atomic mass is 10.1. The van der Waals surface area contributed by atoms with Gasteiger partial charge < -0.3 is 24.5 Å². The number of H-pyrrole nitrogens is 1. The summed E-state index contributed by atoms with van der Waals surface area (Å²) in [7, 11) is 4.20. The Morgan fingerprint density at radius 2 is 1.65 bits per heavy atom. The molecular formula is C19H18N2O5. The highest BCUT2D eigenvalue weighted by Gasteiger charge is 2.20. The molecule has 26 heavy (non-hydrogen) atoms. The topological polar surface area (TPSA) is 89.7 Å². The standard InChI is InChI=1S/C19H18N2O5/c1-24-16-8-12(19(23)26-3)15(9-17(16)25-2)21-18(22)13-10-20-14-7-5-4-6-11(13)14/h4-10,20H,1-3H3,(H,21,22). The lowest BCUT2D eigenvalue weighted by molar-refractivity contribution is 0.0601. The molecule has 0 atom stereocenters. The maximum Gasteiger partial charge on any atom is 0.340 e. The molecule has 0 saturated heterocycles. The summed E-state index contributed by atoms with van der Waals surface area (Å²) >= 11 is 0. The molecule has 134 valence electrons. The number of hydrogen-bond acceptors (Lipinski definition) is 5. The van der Waals surface area contributed by atoms with Crippen LogP contribution in [0.1, 0.15) is 20.7 Å². The number of fused-ring (bicyclic) bond motifs is 1. The molecule has 1 amide bonds. The number of hydrogen-bond donors (Lipinski definition) is 2. The molecule has 0 saturated carbocycles. The smallest absolute Gasteiger partial charge is 0.340 e. The van der Waals surface area contributed by atoms with Gasteiger partial charge in [-0.25, -0.2) is 4.79 Å². The second kappa shape index (κ2) is 7.18. The first-order valence-corrected chi connectivity index (χ1v) is 7.80. The van der Waals surface area contributed by atoms with Gasteiger partial charge >= 0.3 is 5.97 Å². The molecule has 0 radical (unpaired) electrons. The van der Waals surface area contributed by atoms with E-state index in [0.29, 0.717) is 17.1 Å². The lowest BCUT2D eigenvalue weighted by Gasteiger charge is -2.14. The molecule has 3 aromatic rings. The number of aromatic amines is 1. The molecule has 3 rings (SSSR count). The van der Waals surface area contributed by atoms with E-state index in [2.05, 4.69) is 10.3 Å². The monoisotopic (exact) mass is 354 g/mol. The van der Waals surface area contributed by atoms with Gasteiger partial charge in [-0.1, -0.05) is 18.2 Å². The number of carbonyl (C=O) groups excluding carboxylic acids is 2. The minimum absolute atomic E-state index is 0.165. The van der Waals surface area contributed by atoms with E-state index in [1.807, 2.05) is 24.3 Å². The van der Waals surface area contributed by atoms with E-state index in [1.165, 1.54) is 33.5 Å². The fourth-order valence-corrected chi connectivity index (χ4v) is 2.71. The number of ether oxygens (including phenoxy) is 3. The van der Waals surface area contributed by atoms with E-state index >= 15 is 0 Å². The molecule has 0 unspecified atom stereocenters. The lowest BCUT2D eigenvalue weighted by Crippen LogP contribution is -2.15. The van der Waals surface area contributed by atoms with Gasteiger partial charge in [-0.2, -0.15) is 0 Å². The molecule has 0 aliphatic carbocycles. The van der Waals surface area contributed by atoms with E-state index < -0.39 is 5.97 Å². The number of amides is 1. The van der Waals surface area contributed by atoms with Gasteiger partial charge in [0.15, 0.2) is 11.5 Å². The first-order chi connectivity index (χ1) is 12.6. The SMILES string of the molecule is COC(=O)c1cc(OC)c(OC)cc1NC(=O)c1c[nH]c2ccccc12. The zero-order chi connectivity index (χ0) is 18.7. The summed E-state index contributed by atoms with van der Waals surface area (Å²) in [6, 6.07) is 10.4. The van der Waals surface area contributed by atoms with Crippen molar-refractivity contribution in [1.29, 1.82) is 0 Å². The largest absolute Gasteiger partial charge is 0.493 e. The third-order valence-corrected chi connectivity index (χ3v) is 4.01. The van der Waals surface area contributed by atoms with Crippen LogP contribution in [-0.4, -0.2) is 38.2 Å². The van der Waals surface area contributed by atoms with Crippen molar-refractivity contribution < 1.29 is 23.8 Å². The third-order valence-electron chi connectivity index (χ3n) is 4.01. The number of nitrogens with one attached hydrogen (secondary N) is 2. The van der Waals surface area contributed by atoms with E-state index in [9.17, 15) is 9.59 Å². The number of para-hydroxylation sites is 1. The van der Waals surface area contributed by atoms with Gasteiger partial charge in [0, 0.05) is 29.2 Å². The fraction of sp³-hybridized carbons (Fsp3) is 0.158. The zero-order valence-corrected chi connectivity index (χ0v) is 14.6. The fourth-order valence-electron chi connectivity index (χ4n) is 2.71. The van der Waals surface area contributed by atoms with Gasteiger partial charge in [0.2, 0.25) is 0 Å². The number of anilines is 1. The van der Waals surface area contributed by atoms with Gasteiger partial charge in [-0.3, -0.25) is 4.79 Å². The third kappa shape index (κ3) is 3.06. The maximum atomic E-state index is 12.8. The highest BCUT2D eigenvalue weighted by molar-refractivity contribution is 6.14. The second-order valence-electron chi connectivity index (χ2n) is 5.45. The van der Waals surface area contributed by atoms with Crippen molar-refractivity contribution in [2.24, 2.45) is 0 Å². The van der Waals surface area contributed by atoms with Gasteiger partial charge in [0.25, 0.3) is 5.91 Å². The summed E-state index contributed by atoms with van der Waals surface area (Å²) in [6.45, 7) is 0. The molecule has 0 aliphatic rings. The number of benzene rings is 2. The van der Waals surface area contributed by atoms with Crippen LogP contribution in [0.3, 0.4) is 0 Å². The zero-order valence-electron chi connectivity index (χ0n) is 14.6. The molecule has 0 bridgehead atoms. The summed E-state index contributed by atoms with van der Waals surface area (Å²) in [5.74, 6) is -0.215. The van der Waals surface area contributed by atoms with Crippen LogP contribution in [0.4, 0.5) is 5.69 Å². The normalized spacial score (nSPS) is 10.4. The first kappa shape index (κ1) is 17.3. The van der Waals surface area contributed by atoms with Crippen molar-refractivity contribution in [2.75, 3.05) is 26.6 Å². The summed E-state index contributed by atoms with van der Waals surface area (Å²) in [6.07, 6.45) is 1.62. The molecule has 1 heterocycles. The number of aromatic nitrogens is 1. The van der Waals surface area contributed by atoms with Crippen molar-refractivity contribution in [2.45, 2.75) is 0 Å². The summed E-state index contributed by atoms with van der Waals surface area (Å²) in [5, 5.41) is 3.53. The molecule has 0 fully saturated rings. The molecule has 2 aromatic carbocycles. The number of methoxy groups -OCH3 is 3. The molecule has 7 heteroatoms. The Bertz CT molecular complexity index is 977. The number of rotatable bonds is 5. The Balaban J connectivity index is 2.02. The van der Waals surface area contributed by atoms with Crippen molar-refractivity contribution in [3.8, 4) is 11.5 Å². The maximum absolute atomic E-state index is 12.8. The molecule has 7 nitrogen and oxygen atoms in total. The van der Waals surface area contributed by atoms with Crippen LogP contribution in [0.25, 0.3) is 10.9 Å². The summed E-state index contributed by atoms with van der Waals surface area (Å²) < 4.78 is 15.3.